The fraction of sp³-hybridized carbons (Fsp3) is 0.105. The lowest BCUT2D eigenvalue weighted by atomic mass is 10.1. The van der Waals surface area contributed by atoms with E-state index in [0.29, 0.717) is 17.1 Å². The number of aromatic nitrogens is 2. The van der Waals surface area contributed by atoms with Gasteiger partial charge in [0.25, 0.3) is 5.91 Å². The molecule has 27 heavy (non-hydrogen) atoms. The zero-order valence-corrected chi connectivity index (χ0v) is 17.3. The lowest BCUT2D eigenvalue weighted by Gasteiger charge is -2.03. The largest absolute Gasteiger partial charge is 0.346 e. The van der Waals surface area contributed by atoms with Crippen molar-refractivity contribution in [2.75, 3.05) is 0 Å². The Morgan fingerprint density at radius 2 is 1.93 bits per heavy atom. The Balaban J connectivity index is 1.69. The van der Waals surface area contributed by atoms with Gasteiger partial charge in [-0.2, -0.15) is 0 Å². The van der Waals surface area contributed by atoms with Crippen LogP contribution < -0.4 is 5.32 Å². The maximum Gasteiger partial charge on any atom is 0.282 e. The van der Waals surface area contributed by atoms with Crippen molar-refractivity contribution < 1.29 is 9.18 Å². The quantitative estimate of drug-likeness (QED) is 0.546. The van der Waals surface area contributed by atoms with Crippen molar-refractivity contribution in [3.63, 3.8) is 0 Å². The average molecular weight is 467 g/mol. The lowest BCUT2D eigenvalue weighted by molar-refractivity contribution is 0.0950. The van der Waals surface area contributed by atoms with Gasteiger partial charge in [0.05, 0.1) is 5.03 Å². The number of carbonyl (C=O) groups excluding carboxylic acids is 1. The second kappa shape index (κ2) is 8.73. The molecule has 2 aromatic carbocycles. The molecule has 1 aromatic heterocycles. The number of aryl methyl sites for hydroxylation is 1. The second-order valence-corrected chi connectivity index (χ2v) is 8.04. The predicted molar refractivity (Wildman–Crippen MR) is 110 cm³/mol. The topological polar surface area (TPSA) is 54.9 Å². The van der Waals surface area contributed by atoms with Gasteiger partial charge >= 0.3 is 0 Å². The van der Waals surface area contributed by atoms with Crippen LogP contribution in [0.2, 0.25) is 0 Å². The Hall–Kier alpha value is -2.09. The van der Waals surface area contributed by atoms with E-state index in [1.165, 1.54) is 12.1 Å². The molecule has 0 bridgehead atoms. The molecule has 0 unspecified atom stereocenters. The molecule has 0 saturated heterocycles. The SMILES string of the molecule is Cc1ccc(CNC(=O)c2nnc(/C(Cl)=C/c3cc(Br)ccc3F)s2)cc1. The van der Waals surface area contributed by atoms with Crippen molar-refractivity contribution in [2.24, 2.45) is 0 Å². The van der Waals surface area contributed by atoms with E-state index < -0.39 is 5.82 Å². The van der Waals surface area contributed by atoms with E-state index in [9.17, 15) is 9.18 Å². The van der Waals surface area contributed by atoms with Gasteiger partial charge in [-0.05, 0) is 36.8 Å². The Morgan fingerprint density at radius 1 is 1.22 bits per heavy atom. The fourth-order valence-electron chi connectivity index (χ4n) is 2.20. The summed E-state index contributed by atoms with van der Waals surface area (Å²) < 4.78 is 14.6. The number of nitrogens with one attached hydrogen (secondary N) is 1. The highest BCUT2D eigenvalue weighted by molar-refractivity contribution is 9.10. The van der Waals surface area contributed by atoms with Gasteiger partial charge in [0, 0.05) is 16.6 Å². The molecule has 0 saturated carbocycles. The van der Waals surface area contributed by atoms with Crippen molar-refractivity contribution in [3.8, 4) is 0 Å². The number of halogens is 3. The van der Waals surface area contributed by atoms with E-state index in [-0.39, 0.29) is 15.9 Å². The molecular weight excluding hydrogens is 453 g/mol. The molecule has 0 aliphatic rings. The molecule has 3 aromatic rings. The molecular formula is C19H14BrClFN3OS. The lowest BCUT2D eigenvalue weighted by Crippen LogP contribution is -2.22. The first-order chi connectivity index (χ1) is 12.9. The molecule has 1 heterocycles. The molecule has 0 radical (unpaired) electrons. The molecule has 1 N–H and O–H groups in total. The zero-order valence-electron chi connectivity index (χ0n) is 14.2. The van der Waals surface area contributed by atoms with Crippen LogP contribution >= 0.6 is 38.9 Å². The number of nitrogens with zero attached hydrogens (tertiary/aromatic N) is 2. The highest BCUT2D eigenvalue weighted by atomic mass is 79.9. The number of rotatable bonds is 5. The van der Waals surface area contributed by atoms with Crippen LogP contribution in [0.3, 0.4) is 0 Å². The van der Waals surface area contributed by atoms with Crippen molar-refractivity contribution >= 4 is 55.9 Å². The molecule has 0 aliphatic heterocycles. The van der Waals surface area contributed by atoms with E-state index in [1.807, 2.05) is 31.2 Å². The highest BCUT2D eigenvalue weighted by Gasteiger charge is 2.15. The van der Waals surface area contributed by atoms with Crippen molar-refractivity contribution in [3.05, 3.63) is 79.5 Å². The first-order valence-electron chi connectivity index (χ1n) is 7.92. The maximum absolute atomic E-state index is 13.8. The van der Waals surface area contributed by atoms with Crippen LogP contribution in [0.5, 0.6) is 0 Å². The minimum atomic E-state index is -0.406. The van der Waals surface area contributed by atoms with Gasteiger partial charge in [-0.25, -0.2) is 4.39 Å². The van der Waals surface area contributed by atoms with Gasteiger partial charge in [-0.1, -0.05) is 68.7 Å². The molecule has 0 aliphatic carbocycles. The summed E-state index contributed by atoms with van der Waals surface area (Å²) in [6.07, 6.45) is 1.45. The van der Waals surface area contributed by atoms with Crippen LogP contribution in [0.15, 0.2) is 46.9 Å². The minimum Gasteiger partial charge on any atom is -0.346 e. The monoisotopic (exact) mass is 465 g/mol. The summed E-state index contributed by atoms with van der Waals surface area (Å²) in [6.45, 7) is 2.39. The maximum atomic E-state index is 13.8. The summed E-state index contributed by atoms with van der Waals surface area (Å²) >= 11 is 10.6. The molecule has 3 rings (SSSR count). The van der Waals surface area contributed by atoms with Gasteiger partial charge in [0.15, 0.2) is 5.01 Å². The fourth-order valence-corrected chi connectivity index (χ4v) is 3.52. The normalized spacial score (nSPS) is 11.5. The Bertz CT molecular complexity index is 1000. The smallest absolute Gasteiger partial charge is 0.282 e. The first kappa shape index (κ1) is 19.7. The third-order valence-corrected chi connectivity index (χ3v) is 5.49. The van der Waals surface area contributed by atoms with Crippen LogP contribution in [0.1, 0.15) is 31.5 Å². The third kappa shape index (κ3) is 5.22. The first-order valence-corrected chi connectivity index (χ1v) is 9.91. The predicted octanol–water partition coefficient (Wildman–Crippen LogP) is 5.42. The van der Waals surface area contributed by atoms with Crippen LogP contribution in [-0.4, -0.2) is 16.1 Å². The summed E-state index contributed by atoms with van der Waals surface area (Å²) in [6, 6.07) is 12.4. The number of benzene rings is 2. The standard InChI is InChI=1S/C19H14BrClFN3OS/c1-11-2-4-12(5-3-11)10-23-17(26)19-25-24-18(27-19)15(21)9-13-8-14(20)6-7-16(13)22/h2-9H,10H2,1H3,(H,23,26)/b15-9-. The van der Waals surface area contributed by atoms with Gasteiger partial charge in [-0.3, -0.25) is 4.79 Å². The Labute approximate surface area is 173 Å². The van der Waals surface area contributed by atoms with Gasteiger partial charge < -0.3 is 5.32 Å². The molecule has 4 nitrogen and oxygen atoms in total. The summed E-state index contributed by atoms with van der Waals surface area (Å²) in [5, 5.41) is 11.3. The van der Waals surface area contributed by atoms with Crippen molar-refractivity contribution in [1.29, 1.82) is 0 Å². The van der Waals surface area contributed by atoms with Crippen molar-refractivity contribution in [1.82, 2.24) is 15.5 Å². The van der Waals surface area contributed by atoms with Crippen LogP contribution in [-0.2, 0) is 6.54 Å². The highest BCUT2D eigenvalue weighted by Crippen LogP contribution is 2.27. The van der Waals surface area contributed by atoms with Gasteiger partial charge in [0.2, 0.25) is 5.01 Å². The molecule has 0 atom stereocenters. The Morgan fingerprint density at radius 3 is 2.67 bits per heavy atom. The summed E-state index contributed by atoms with van der Waals surface area (Å²) in [5.74, 6) is -0.741. The number of hydrogen-bond donors (Lipinski definition) is 1. The van der Waals surface area contributed by atoms with Gasteiger partial charge in [0.1, 0.15) is 5.82 Å². The molecule has 138 valence electrons. The van der Waals surface area contributed by atoms with Crippen molar-refractivity contribution in [2.45, 2.75) is 13.5 Å². The number of carbonyl (C=O) groups is 1. The molecule has 0 spiro atoms. The third-order valence-electron chi connectivity index (χ3n) is 3.64. The van der Waals surface area contributed by atoms with E-state index in [0.717, 1.165) is 26.9 Å². The van der Waals surface area contributed by atoms with E-state index in [1.54, 1.807) is 12.1 Å². The second-order valence-electron chi connectivity index (χ2n) is 5.74. The van der Waals surface area contributed by atoms with E-state index in [4.69, 9.17) is 11.6 Å². The minimum absolute atomic E-state index is 0.193. The zero-order chi connectivity index (χ0) is 19.4. The van der Waals surface area contributed by atoms with E-state index in [2.05, 4.69) is 31.4 Å². The number of hydrogen-bond acceptors (Lipinski definition) is 4. The van der Waals surface area contributed by atoms with E-state index >= 15 is 0 Å². The molecule has 1 amide bonds. The van der Waals surface area contributed by atoms with Gasteiger partial charge in [-0.15, -0.1) is 10.2 Å². The Kier molecular flexibility index (Phi) is 6.36. The van der Waals surface area contributed by atoms with Crippen LogP contribution in [0.25, 0.3) is 11.1 Å². The summed E-state index contributed by atoms with van der Waals surface area (Å²) in [7, 11) is 0. The van der Waals surface area contributed by atoms with Crippen LogP contribution in [0, 0.1) is 12.7 Å². The summed E-state index contributed by atoms with van der Waals surface area (Å²) in [5.41, 5.74) is 2.46. The average Bonchev–Trinajstić information content (AvgIpc) is 3.14. The molecule has 8 heteroatoms. The number of amides is 1. The van der Waals surface area contributed by atoms with Crippen LogP contribution in [0.4, 0.5) is 4.39 Å². The summed E-state index contributed by atoms with van der Waals surface area (Å²) in [4.78, 5) is 12.2. The molecule has 0 fully saturated rings.